The van der Waals surface area contributed by atoms with E-state index in [1.807, 2.05) is 36.4 Å². The number of carboxylic acids is 2. The monoisotopic (exact) mass is 934 g/mol. The van der Waals surface area contributed by atoms with Crippen molar-refractivity contribution in [3.8, 4) is 0 Å². The van der Waals surface area contributed by atoms with Crippen molar-refractivity contribution < 1.29 is 43.8 Å². The third-order valence-corrected chi connectivity index (χ3v) is 10.8. The maximum Gasteiger partial charge on any atom is 0.326 e. The molecule has 4 aromatic rings. The topological polar surface area (TPSA) is 406 Å². The summed E-state index contributed by atoms with van der Waals surface area (Å²) in [5, 5.41) is 33.2. The van der Waals surface area contributed by atoms with Crippen LogP contribution in [0.25, 0.3) is 21.8 Å². The zero-order valence-corrected chi connectivity index (χ0v) is 36.9. The van der Waals surface area contributed by atoms with Gasteiger partial charge in [0.1, 0.15) is 30.2 Å². The quantitative estimate of drug-likeness (QED) is 0.0135. The van der Waals surface area contributed by atoms with Crippen LogP contribution in [0, 0.1) is 0 Å². The van der Waals surface area contributed by atoms with E-state index < -0.39 is 90.6 Å². The van der Waals surface area contributed by atoms with Crippen molar-refractivity contribution in [1.82, 2.24) is 36.6 Å². The standard InChI is InChI=1S/C42H58N14O9S/c43-26(9-5-15-48-41(44)45)35(59)52-29(12-6-16-49-42(46)47)36(60)54-31(17-22-19-50-27-10-3-1-7-24(22)27)37(61)55-32(18-23-20-51-28-11-4-2-8-25(23)28)38(62)56-33(21-66)39(63)53-30(40(64)65)13-14-34(57)58/h1-4,7-8,10-11,19-20,26,29-33,50-51,66H,5-6,9,12-18,21,43H2,(H,52,59)(H,53,63)(H,54,60)(H,55,61)(H,56,62)(H,57,58)(H,64,65)(H4,44,45,48)(H4,46,47,49)/t26-,29-,30-,31-,32-,33-/m0/s1. The zero-order chi connectivity index (χ0) is 48.3. The van der Waals surface area contributed by atoms with Crippen LogP contribution < -0.4 is 55.3 Å². The average molecular weight is 935 g/mol. The molecular formula is C42H58N14O9S. The molecule has 0 bridgehead atoms. The molecular weight excluding hydrogens is 877 g/mol. The first kappa shape index (κ1) is 51.3. The van der Waals surface area contributed by atoms with E-state index >= 15 is 0 Å². The van der Waals surface area contributed by atoms with Crippen LogP contribution in [0.3, 0.4) is 0 Å². The summed E-state index contributed by atoms with van der Waals surface area (Å²) in [7, 11) is 0. The molecule has 356 valence electrons. The molecule has 0 aliphatic carbocycles. The number of benzene rings is 2. The fourth-order valence-corrected chi connectivity index (χ4v) is 7.23. The lowest BCUT2D eigenvalue weighted by atomic mass is 10.0. The van der Waals surface area contributed by atoms with E-state index in [1.54, 1.807) is 24.5 Å². The van der Waals surface area contributed by atoms with Crippen molar-refractivity contribution >= 4 is 87.8 Å². The van der Waals surface area contributed by atoms with Gasteiger partial charge >= 0.3 is 11.9 Å². The number of nitrogens with zero attached hydrogens (tertiary/aromatic N) is 2. The number of para-hydroxylation sites is 2. The molecule has 0 aliphatic rings. The highest BCUT2D eigenvalue weighted by Crippen LogP contribution is 2.21. The largest absolute Gasteiger partial charge is 0.481 e. The number of carbonyl (C=O) groups is 7. The van der Waals surface area contributed by atoms with Crippen molar-refractivity contribution in [3.63, 3.8) is 0 Å². The molecule has 5 amide bonds. The molecule has 66 heavy (non-hydrogen) atoms. The van der Waals surface area contributed by atoms with Gasteiger partial charge in [-0.25, -0.2) is 4.79 Å². The summed E-state index contributed by atoms with van der Waals surface area (Å²) in [6, 6.07) is 6.39. The van der Waals surface area contributed by atoms with Gasteiger partial charge in [0.2, 0.25) is 29.5 Å². The number of aliphatic carboxylic acids is 2. The summed E-state index contributed by atoms with van der Waals surface area (Å²) in [5.74, 6) is -7.43. The Kier molecular flexibility index (Phi) is 19.6. The van der Waals surface area contributed by atoms with Gasteiger partial charge in [-0.2, -0.15) is 12.6 Å². The van der Waals surface area contributed by atoms with Gasteiger partial charge in [-0.1, -0.05) is 36.4 Å². The van der Waals surface area contributed by atoms with Crippen molar-refractivity contribution in [3.05, 3.63) is 72.1 Å². The van der Waals surface area contributed by atoms with E-state index in [4.69, 9.17) is 33.8 Å². The first-order valence-electron chi connectivity index (χ1n) is 21.0. The lowest BCUT2D eigenvalue weighted by Crippen LogP contribution is -2.60. The van der Waals surface area contributed by atoms with Crippen LogP contribution in [0.4, 0.5) is 0 Å². The van der Waals surface area contributed by atoms with E-state index in [1.165, 1.54) is 0 Å². The Balaban J connectivity index is 1.66. The molecule has 4 rings (SSSR count). The normalized spacial score (nSPS) is 13.8. The number of guanidine groups is 2. The minimum absolute atomic E-state index is 0.0221. The number of rotatable bonds is 27. The van der Waals surface area contributed by atoms with E-state index in [-0.39, 0.29) is 62.9 Å². The van der Waals surface area contributed by atoms with Crippen molar-refractivity contribution in [1.29, 1.82) is 0 Å². The van der Waals surface area contributed by atoms with Crippen LogP contribution in [-0.4, -0.2) is 129 Å². The number of H-pyrrole nitrogens is 2. The first-order valence-corrected chi connectivity index (χ1v) is 21.6. The zero-order valence-electron chi connectivity index (χ0n) is 36.0. The minimum Gasteiger partial charge on any atom is -0.481 e. The molecule has 0 spiro atoms. The number of amides is 5. The van der Waals surface area contributed by atoms with Crippen molar-refractivity contribution in [2.24, 2.45) is 38.7 Å². The fraction of sp³-hybridized carbons (Fsp3) is 0.405. The lowest BCUT2D eigenvalue weighted by molar-refractivity contribution is -0.143. The van der Waals surface area contributed by atoms with Gasteiger partial charge in [-0.05, 0) is 55.4 Å². The van der Waals surface area contributed by atoms with Crippen LogP contribution in [0.2, 0.25) is 0 Å². The molecule has 0 aliphatic heterocycles. The summed E-state index contributed by atoms with van der Waals surface area (Å²) >= 11 is 4.21. The van der Waals surface area contributed by atoms with Gasteiger partial charge in [0.25, 0.3) is 0 Å². The second kappa shape index (κ2) is 25.2. The Bertz CT molecular complexity index is 2390. The number of thiol groups is 1. The van der Waals surface area contributed by atoms with Gasteiger partial charge in [-0.3, -0.25) is 38.8 Å². The molecule has 6 atom stereocenters. The number of nitrogens with one attached hydrogen (secondary N) is 7. The SMILES string of the molecule is NC(N)=NCCC[C@H](NC(=O)[C@@H](N)CCCN=C(N)N)C(=O)N[C@@H](Cc1c[nH]c2ccccc12)C(=O)N[C@@H](Cc1c[nH]c2ccccc12)C(=O)N[C@@H](CS)C(=O)N[C@@H](CCC(=O)O)C(=O)O. The van der Waals surface area contributed by atoms with E-state index in [0.29, 0.717) is 17.5 Å². The predicted octanol–water partition coefficient (Wildman–Crippen LogP) is -1.83. The number of aromatic amines is 2. The van der Waals surface area contributed by atoms with Crippen LogP contribution in [0.5, 0.6) is 0 Å². The van der Waals surface area contributed by atoms with Crippen LogP contribution in [0.15, 0.2) is 70.9 Å². The Morgan fingerprint density at radius 3 is 1.47 bits per heavy atom. The molecule has 0 radical (unpaired) electrons. The van der Waals surface area contributed by atoms with Crippen LogP contribution in [0.1, 0.15) is 49.7 Å². The maximum atomic E-state index is 14.7. The number of carboxylic acid groups (broad SMARTS) is 2. The van der Waals surface area contributed by atoms with Gasteiger partial charge in [0, 0.05) is 72.3 Å². The van der Waals surface area contributed by atoms with Crippen LogP contribution >= 0.6 is 12.6 Å². The van der Waals surface area contributed by atoms with Gasteiger partial charge in [0.05, 0.1) is 6.04 Å². The molecule has 0 saturated carbocycles. The third-order valence-electron chi connectivity index (χ3n) is 10.4. The van der Waals surface area contributed by atoms with Crippen molar-refractivity contribution in [2.45, 2.75) is 87.6 Å². The predicted molar refractivity (Wildman–Crippen MR) is 250 cm³/mol. The number of fused-ring (bicyclic) bond motifs is 2. The summed E-state index contributed by atoms with van der Waals surface area (Å²) < 4.78 is 0. The molecule has 19 N–H and O–H groups in total. The summed E-state index contributed by atoms with van der Waals surface area (Å²) in [5.41, 5.74) is 30.7. The Morgan fingerprint density at radius 1 is 0.576 bits per heavy atom. The molecule has 2 aromatic carbocycles. The summed E-state index contributed by atoms with van der Waals surface area (Å²) in [4.78, 5) is 107. The molecule has 0 fully saturated rings. The van der Waals surface area contributed by atoms with Gasteiger partial charge in [0.15, 0.2) is 11.9 Å². The second-order valence-electron chi connectivity index (χ2n) is 15.4. The highest BCUT2D eigenvalue weighted by Gasteiger charge is 2.34. The number of hydrogen-bond acceptors (Lipinski definition) is 11. The third kappa shape index (κ3) is 15.7. The van der Waals surface area contributed by atoms with E-state index in [0.717, 1.165) is 21.8 Å². The number of carbonyl (C=O) groups excluding carboxylic acids is 5. The Hall–Kier alpha value is -7.34. The van der Waals surface area contributed by atoms with Gasteiger partial charge < -0.3 is 75.4 Å². The number of hydrogen-bond donors (Lipinski definition) is 15. The first-order chi connectivity index (χ1) is 31.5. The molecule has 2 heterocycles. The second-order valence-corrected chi connectivity index (χ2v) is 15.8. The summed E-state index contributed by atoms with van der Waals surface area (Å²) in [6.07, 6.45) is 2.92. The summed E-state index contributed by atoms with van der Waals surface area (Å²) in [6.45, 7) is 0.332. The number of aliphatic imine (C=N–C) groups is 2. The highest BCUT2D eigenvalue weighted by atomic mass is 32.1. The molecule has 0 unspecified atom stereocenters. The molecule has 24 heteroatoms. The smallest absolute Gasteiger partial charge is 0.326 e. The lowest BCUT2D eigenvalue weighted by Gasteiger charge is -2.27. The molecule has 23 nitrogen and oxygen atoms in total. The average Bonchev–Trinajstić information content (AvgIpc) is 3.89. The van der Waals surface area contributed by atoms with E-state index in [2.05, 4.69) is 59.2 Å². The molecule has 0 saturated heterocycles. The van der Waals surface area contributed by atoms with Gasteiger partial charge in [-0.15, -0.1) is 0 Å². The highest BCUT2D eigenvalue weighted by molar-refractivity contribution is 7.80. The minimum atomic E-state index is -1.59. The maximum absolute atomic E-state index is 14.7. The fourth-order valence-electron chi connectivity index (χ4n) is 6.97. The molecule has 2 aromatic heterocycles. The number of aromatic nitrogens is 2. The van der Waals surface area contributed by atoms with Crippen molar-refractivity contribution in [2.75, 3.05) is 18.8 Å². The van der Waals surface area contributed by atoms with E-state index in [9.17, 15) is 38.7 Å². The Morgan fingerprint density at radius 2 is 1.00 bits per heavy atom. The Labute approximate surface area is 384 Å². The number of nitrogens with two attached hydrogens (primary N) is 5. The van der Waals surface area contributed by atoms with Crippen LogP contribution in [-0.2, 0) is 46.4 Å².